The molecule has 0 atom stereocenters. The van der Waals surface area contributed by atoms with Gasteiger partial charge in [-0.2, -0.15) is 0 Å². The third-order valence-electron chi connectivity index (χ3n) is 1.58. The van der Waals surface area contributed by atoms with E-state index in [0.29, 0.717) is 5.69 Å². The molecule has 5 heteroatoms. The summed E-state index contributed by atoms with van der Waals surface area (Å²) in [5.41, 5.74) is 1.81. The fraction of sp³-hybridized carbons (Fsp3) is 0.250. The van der Waals surface area contributed by atoms with Crippen molar-refractivity contribution in [3.63, 3.8) is 0 Å². The first-order valence-corrected chi connectivity index (χ1v) is 4.90. The van der Waals surface area contributed by atoms with E-state index in [1.807, 2.05) is 12.1 Å². The van der Waals surface area contributed by atoms with Gasteiger partial charge in [0.2, 0.25) is 10.9 Å². The first-order chi connectivity index (χ1) is 5.72. The maximum atomic E-state index is 10.2. The molecule has 0 spiro atoms. The summed E-state index contributed by atoms with van der Waals surface area (Å²) in [7, 11) is -2.54. The van der Waals surface area contributed by atoms with Gasteiger partial charge in [-0.1, -0.05) is 19.1 Å². The second-order valence-corrected chi connectivity index (χ2v) is 3.16. The predicted molar refractivity (Wildman–Crippen MR) is 55.5 cm³/mol. The summed E-state index contributed by atoms with van der Waals surface area (Å²) < 4.78 is 22.8. The fourth-order valence-electron chi connectivity index (χ4n) is 0.920. The van der Waals surface area contributed by atoms with Crippen LogP contribution in [0, 0.1) is 0 Å². The van der Waals surface area contributed by atoms with E-state index in [9.17, 15) is 8.42 Å². The summed E-state index contributed by atoms with van der Waals surface area (Å²) in [5, 5.41) is 0. The van der Waals surface area contributed by atoms with Crippen molar-refractivity contribution >= 4 is 46.1 Å². The molecule has 0 aliphatic rings. The molecule has 0 aliphatic carbocycles. The first kappa shape index (κ1) is 13.0. The average molecular weight is 208 g/mol. The minimum atomic E-state index is -2.54. The van der Waals surface area contributed by atoms with Crippen molar-refractivity contribution in [1.82, 2.24) is 0 Å². The zero-order chi connectivity index (χ0) is 8.97. The second kappa shape index (κ2) is 6.43. The van der Waals surface area contributed by atoms with Gasteiger partial charge in [0.05, 0.1) is 0 Å². The van der Waals surface area contributed by atoms with Crippen molar-refractivity contribution in [3.8, 4) is 0 Å². The molecule has 3 nitrogen and oxygen atoms in total. The molecule has 0 saturated heterocycles. The molecule has 67 valence electrons. The molecular weight excluding hydrogens is 197 g/mol. The minimum absolute atomic E-state index is 0. The third kappa shape index (κ3) is 4.67. The van der Waals surface area contributed by atoms with Crippen LogP contribution in [0.25, 0.3) is 0 Å². The number of benzene rings is 1. The minimum Gasteiger partial charge on any atom is -0.286 e. The van der Waals surface area contributed by atoms with Crippen molar-refractivity contribution in [2.45, 2.75) is 13.3 Å². The first-order valence-electron chi connectivity index (χ1n) is 3.72. The van der Waals surface area contributed by atoms with Crippen LogP contribution in [0.2, 0.25) is 0 Å². The van der Waals surface area contributed by atoms with Gasteiger partial charge in [0.1, 0.15) is 0 Å². The van der Waals surface area contributed by atoms with E-state index in [1.165, 1.54) is 5.56 Å². The Balaban J connectivity index is 0.00000144. The van der Waals surface area contributed by atoms with Gasteiger partial charge < -0.3 is 0 Å². The molecule has 0 bridgehead atoms. The van der Waals surface area contributed by atoms with Crippen LogP contribution >= 0.6 is 0 Å². The quantitative estimate of drug-likeness (QED) is 0.570. The van der Waals surface area contributed by atoms with E-state index in [-0.39, 0.29) is 29.6 Å². The van der Waals surface area contributed by atoms with Crippen LogP contribution in [0.15, 0.2) is 24.3 Å². The molecule has 0 aromatic heterocycles. The van der Waals surface area contributed by atoms with E-state index < -0.39 is 10.9 Å². The molecule has 1 rings (SSSR count). The molecular formula is C8H11NNaO2S. The summed E-state index contributed by atoms with van der Waals surface area (Å²) in [6.45, 7) is 2.05. The largest absolute Gasteiger partial charge is 0.286 e. The van der Waals surface area contributed by atoms with Gasteiger partial charge in [-0.3, -0.25) is 4.72 Å². The van der Waals surface area contributed by atoms with E-state index in [4.69, 9.17) is 0 Å². The van der Waals surface area contributed by atoms with Gasteiger partial charge >= 0.3 is 0 Å². The fourth-order valence-corrected chi connectivity index (χ4v) is 1.28. The van der Waals surface area contributed by atoms with Crippen LogP contribution in [0.1, 0.15) is 12.5 Å². The van der Waals surface area contributed by atoms with E-state index >= 15 is 0 Å². The number of thiol groups is 1. The van der Waals surface area contributed by atoms with Gasteiger partial charge in [0, 0.05) is 35.2 Å². The molecule has 13 heavy (non-hydrogen) atoms. The standard InChI is InChI=1S/C8H11NO2S.Na/c1-2-7-3-5-8(6-4-7)9-12(10)11;/h3-6,12H,2H2,1H3,(H,9,10,11);. The van der Waals surface area contributed by atoms with Crippen molar-refractivity contribution in [3.05, 3.63) is 29.8 Å². The average Bonchev–Trinajstić information content (AvgIpc) is 2.05. The Bertz CT molecular complexity index is 313. The van der Waals surface area contributed by atoms with Crippen molar-refractivity contribution in [1.29, 1.82) is 0 Å². The molecule has 0 unspecified atom stereocenters. The summed E-state index contributed by atoms with van der Waals surface area (Å²) in [4.78, 5) is 0. The van der Waals surface area contributed by atoms with E-state index in [1.54, 1.807) is 12.1 Å². The Labute approximate surface area is 102 Å². The summed E-state index contributed by atoms with van der Waals surface area (Å²) >= 11 is 0. The van der Waals surface area contributed by atoms with Crippen molar-refractivity contribution < 1.29 is 8.42 Å². The van der Waals surface area contributed by atoms with E-state index in [0.717, 1.165) is 6.42 Å². The van der Waals surface area contributed by atoms with E-state index in [2.05, 4.69) is 11.6 Å². The molecule has 1 N–H and O–H groups in total. The van der Waals surface area contributed by atoms with Gasteiger partial charge in [-0.25, -0.2) is 8.42 Å². The molecule has 0 aliphatic heterocycles. The molecule has 0 heterocycles. The van der Waals surface area contributed by atoms with Crippen molar-refractivity contribution in [2.75, 3.05) is 4.72 Å². The number of aryl methyl sites for hydroxylation is 1. The second-order valence-electron chi connectivity index (χ2n) is 2.42. The monoisotopic (exact) mass is 208 g/mol. The van der Waals surface area contributed by atoms with Crippen LogP contribution in [0.4, 0.5) is 5.69 Å². The van der Waals surface area contributed by atoms with Crippen LogP contribution < -0.4 is 4.72 Å². The summed E-state index contributed by atoms with van der Waals surface area (Å²) in [6, 6.07) is 7.32. The number of hydrogen-bond donors (Lipinski definition) is 2. The Morgan fingerprint density at radius 1 is 1.23 bits per heavy atom. The summed E-state index contributed by atoms with van der Waals surface area (Å²) in [6.07, 6.45) is 0.962. The van der Waals surface area contributed by atoms with Crippen LogP contribution in [-0.2, 0) is 17.3 Å². The zero-order valence-corrected chi connectivity index (χ0v) is 10.7. The Morgan fingerprint density at radius 3 is 2.15 bits per heavy atom. The number of anilines is 1. The normalized spacial score (nSPS) is 9.38. The molecule has 1 aromatic rings. The van der Waals surface area contributed by atoms with Crippen LogP contribution in [0.3, 0.4) is 0 Å². The molecule has 0 amide bonds. The Hall–Kier alpha value is -0.0300. The Kier molecular flexibility index (Phi) is 6.41. The van der Waals surface area contributed by atoms with Crippen LogP contribution in [0.5, 0.6) is 0 Å². The van der Waals surface area contributed by atoms with Gasteiger partial charge in [-0.05, 0) is 24.1 Å². The smallest absolute Gasteiger partial charge is 0.222 e. The maximum Gasteiger partial charge on any atom is 0.222 e. The van der Waals surface area contributed by atoms with Gasteiger partial charge in [0.25, 0.3) is 0 Å². The summed E-state index contributed by atoms with van der Waals surface area (Å²) in [5.74, 6) is 0. The van der Waals surface area contributed by atoms with Crippen molar-refractivity contribution in [2.24, 2.45) is 0 Å². The van der Waals surface area contributed by atoms with Gasteiger partial charge in [0.15, 0.2) is 0 Å². The topological polar surface area (TPSA) is 46.2 Å². The third-order valence-corrected chi connectivity index (χ3v) is 2.02. The van der Waals surface area contributed by atoms with Crippen LogP contribution in [-0.4, -0.2) is 38.0 Å². The molecule has 1 aromatic carbocycles. The number of hydrogen-bond acceptors (Lipinski definition) is 2. The molecule has 1 radical (unpaired) electrons. The zero-order valence-electron chi connectivity index (χ0n) is 7.78. The molecule has 0 saturated carbocycles. The maximum absolute atomic E-state index is 10.2. The number of rotatable bonds is 3. The van der Waals surface area contributed by atoms with Gasteiger partial charge in [-0.15, -0.1) is 0 Å². The number of nitrogens with one attached hydrogen (secondary N) is 1. The Morgan fingerprint density at radius 2 is 1.77 bits per heavy atom. The molecule has 0 fully saturated rings. The predicted octanol–water partition coefficient (Wildman–Crippen LogP) is 0.806. The SMILES string of the molecule is CCc1ccc(N[SH](=O)=O)cc1.[Na].